The van der Waals surface area contributed by atoms with Gasteiger partial charge in [-0.15, -0.1) is 11.3 Å². The van der Waals surface area contributed by atoms with Crippen LogP contribution >= 0.6 is 11.3 Å². The van der Waals surface area contributed by atoms with E-state index in [9.17, 15) is 0 Å². The molecular weight excluding hydrogens is 228 g/mol. The number of benzene rings is 1. The molecule has 2 atom stereocenters. The molecule has 17 heavy (non-hydrogen) atoms. The molecule has 2 N–H and O–H groups in total. The minimum absolute atomic E-state index is 0.128. The molecule has 2 rings (SSSR count). The zero-order valence-corrected chi connectivity index (χ0v) is 11.1. The molecule has 2 nitrogen and oxygen atoms in total. The Bertz CT molecular complexity index is 464. The van der Waals surface area contributed by atoms with Crippen LogP contribution in [0.2, 0.25) is 0 Å². The van der Waals surface area contributed by atoms with Crippen LogP contribution in [0.5, 0.6) is 0 Å². The molecule has 90 valence electrons. The Morgan fingerprint density at radius 3 is 2.59 bits per heavy atom. The molecule has 0 saturated carbocycles. The second kappa shape index (κ2) is 5.43. The van der Waals surface area contributed by atoms with Crippen molar-refractivity contribution in [3.05, 3.63) is 52.0 Å². The standard InChI is InChI=1S/C14H18N2S/c1-10-9-17-14(16-10)8-13(15)11(2)12-6-4-3-5-7-12/h3-7,9,11,13H,8,15H2,1-2H3. The van der Waals surface area contributed by atoms with E-state index in [1.165, 1.54) is 5.56 Å². The molecular formula is C14H18N2S. The van der Waals surface area contributed by atoms with Crippen molar-refractivity contribution in [3.63, 3.8) is 0 Å². The normalized spacial score (nSPS) is 14.5. The predicted octanol–water partition coefficient (Wildman–Crippen LogP) is 3.13. The number of aryl methyl sites for hydroxylation is 1. The number of nitrogens with two attached hydrogens (primary N) is 1. The third-order valence-corrected chi connectivity index (χ3v) is 4.03. The van der Waals surface area contributed by atoms with Crippen molar-refractivity contribution in [2.24, 2.45) is 5.73 Å². The van der Waals surface area contributed by atoms with Gasteiger partial charge in [0.2, 0.25) is 0 Å². The van der Waals surface area contributed by atoms with Crippen molar-refractivity contribution >= 4 is 11.3 Å². The van der Waals surface area contributed by atoms with Gasteiger partial charge in [0.05, 0.1) is 5.01 Å². The van der Waals surface area contributed by atoms with Crippen molar-refractivity contribution in [2.45, 2.75) is 32.2 Å². The Balaban J connectivity index is 2.03. The molecule has 0 amide bonds. The number of hydrogen-bond donors (Lipinski definition) is 1. The fraction of sp³-hybridized carbons (Fsp3) is 0.357. The zero-order valence-electron chi connectivity index (χ0n) is 10.3. The molecule has 0 aliphatic rings. The van der Waals surface area contributed by atoms with Crippen LogP contribution < -0.4 is 5.73 Å². The van der Waals surface area contributed by atoms with E-state index in [1.54, 1.807) is 11.3 Å². The van der Waals surface area contributed by atoms with E-state index in [1.807, 2.05) is 13.0 Å². The molecule has 0 aliphatic carbocycles. The van der Waals surface area contributed by atoms with Gasteiger partial charge in [-0.1, -0.05) is 37.3 Å². The first-order valence-electron chi connectivity index (χ1n) is 5.88. The Morgan fingerprint density at radius 1 is 1.29 bits per heavy atom. The van der Waals surface area contributed by atoms with E-state index in [0.29, 0.717) is 5.92 Å². The Hall–Kier alpha value is -1.19. The Morgan fingerprint density at radius 2 is 2.00 bits per heavy atom. The van der Waals surface area contributed by atoms with Gasteiger partial charge in [-0.05, 0) is 18.4 Å². The van der Waals surface area contributed by atoms with Gasteiger partial charge < -0.3 is 5.73 Å². The summed E-state index contributed by atoms with van der Waals surface area (Å²) in [5.74, 6) is 0.361. The predicted molar refractivity (Wildman–Crippen MR) is 73.4 cm³/mol. The van der Waals surface area contributed by atoms with Crippen LogP contribution in [-0.2, 0) is 6.42 Å². The van der Waals surface area contributed by atoms with Crippen LogP contribution in [0.1, 0.15) is 29.1 Å². The summed E-state index contributed by atoms with van der Waals surface area (Å²) in [7, 11) is 0. The number of thiazole rings is 1. The summed E-state index contributed by atoms with van der Waals surface area (Å²) in [6.07, 6.45) is 0.856. The maximum Gasteiger partial charge on any atom is 0.0943 e. The van der Waals surface area contributed by atoms with E-state index in [-0.39, 0.29) is 6.04 Å². The van der Waals surface area contributed by atoms with Crippen LogP contribution in [-0.4, -0.2) is 11.0 Å². The zero-order chi connectivity index (χ0) is 12.3. The smallest absolute Gasteiger partial charge is 0.0943 e. The van der Waals surface area contributed by atoms with Crippen molar-refractivity contribution in [1.82, 2.24) is 4.98 Å². The van der Waals surface area contributed by atoms with E-state index < -0.39 is 0 Å². The minimum atomic E-state index is 0.128. The van der Waals surface area contributed by atoms with Gasteiger partial charge in [0, 0.05) is 23.5 Å². The third-order valence-electron chi connectivity index (χ3n) is 3.04. The van der Waals surface area contributed by atoms with Crippen LogP contribution in [0.15, 0.2) is 35.7 Å². The van der Waals surface area contributed by atoms with Crippen LogP contribution in [0.3, 0.4) is 0 Å². The Kier molecular flexibility index (Phi) is 3.92. The Labute approximate surface area is 107 Å². The average molecular weight is 246 g/mol. The van der Waals surface area contributed by atoms with Crippen molar-refractivity contribution in [2.75, 3.05) is 0 Å². The molecule has 0 bridgehead atoms. The lowest BCUT2D eigenvalue weighted by molar-refractivity contribution is 0.562. The summed E-state index contributed by atoms with van der Waals surface area (Å²) < 4.78 is 0. The first-order valence-corrected chi connectivity index (χ1v) is 6.76. The highest BCUT2D eigenvalue weighted by atomic mass is 32.1. The first-order chi connectivity index (χ1) is 8.16. The maximum atomic E-state index is 6.26. The molecule has 0 spiro atoms. The van der Waals surface area contributed by atoms with Gasteiger partial charge in [-0.2, -0.15) is 0 Å². The SMILES string of the molecule is Cc1csc(CC(N)C(C)c2ccccc2)n1. The van der Waals surface area contributed by atoms with E-state index in [2.05, 4.69) is 41.6 Å². The van der Waals surface area contributed by atoms with Gasteiger partial charge in [-0.3, -0.25) is 0 Å². The molecule has 1 aromatic carbocycles. The summed E-state index contributed by atoms with van der Waals surface area (Å²) in [6.45, 7) is 4.20. The third kappa shape index (κ3) is 3.14. The van der Waals surface area contributed by atoms with Crippen molar-refractivity contribution in [1.29, 1.82) is 0 Å². The van der Waals surface area contributed by atoms with Crippen LogP contribution in [0, 0.1) is 6.92 Å². The molecule has 0 radical (unpaired) electrons. The monoisotopic (exact) mass is 246 g/mol. The molecule has 3 heteroatoms. The largest absolute Gasteiger partial charge is 0.327 e. The quantitative estimate of drug-likeness (QED) is 0.900. The summed E-state index contributed by atoms with van der Waals surface area (Å²) in [5, 5.41) is 3.22. The topological polar surface area (TPSA) is 38.9 Å². The molecule has 2 unspecified atom stereocenters. The average Bonchev–Trinajstić information content (AvgIpc) is 2.75. The van der Waals surface area contributed by atoms with Gasteiger partial charge in [0.25, 0.3) is 0 Å². The van der Waals surface area contributed by atoms with Crippen molar-refractivity contribution in [3.8, 4) is 0 Å². The first kappa shape index (κ1) is 12.3. The van der Waals surface area contributed by atoms with Crippen LogP contribution in [0.4, 0.5) is 0 Å². The van der Waals surface area contributed by atoms with Gasteiger partial charge in [-0.25, -0.2) is 4.98 Å². The maximum absolute atomic E-state index is 6.26. The number of rotatable bonds is 4. The molecule has 1 aromatic heterocycles. The summed E-state index contributed by atoms with van der Waals surface area (Å²) in [6, 6.07) is 10.6. The number of hydrogen-bond acceptors (Lipinski definition) is 3. The lowest BCUT2D eigenvalue weighted by Gasteiger charge is -2.19. The summed E-state index contributed by atoms with van der Waals surface area (Å²) >= 11 is 1.70. The lowest BCUT2D eigenvalue weighted by atomic mass is 9.92. The van der Waals surface area contributed by atoms with Crippen molar-refractivity contribution < 1.29 is 0 Å². The highest BCUT2D eigenvalue weighted by molar-refractivity contribution is 7.09. The molecule has 0 saturated heterocycles. The molecule has 1 heterocycles. The van der Waals surface area contributed by atoms with E-state index in [0.717, 1.165) is 17.1 Å². The number of aromatic nitrogens is 1. The molecule has 0 aliphatic heterocycles. The van der Waals surface area contributed by atoms with Crippen LogP contribution in [0.25, 0.3) is 0 Å². The lowest BCUT2D eigenvalue weighted by Crippen LogP contribution is -2.29. The molecule has 0 fully saturated rings. The van der Waals surface area contributed by atoms with E-state index in [4.69, 9.17) is 5.73 Å². The number of nitrogens with zero attached hydrogens (tertiary/aromatic N) is 1. The van der Waals surface area contributed by atoms with Gasteiger partial charge in [0.15, 0.2) is 0 Å². The fourth-order valence-electron chi connectivity index (χ4n) is 1.88. The highest BCUT2D eigenvalue weighted by Gasteiger charge is 2.16. The van der Waals surface area contributed by atoms with E-state index >= 15 is 0 Å². The summed E-state index contributed by atoms with van der Waals surface area (Å²) in [4.78, 5) is 4.47. The second-order valence-corrected chi connectivity index (χ2v) is 5.39. The fourth-order valence-corrected chi connectivity index (χ4v) is 2.72. The minimum Gasteiger partial charge on any atom is -0.327 e. The highest BCUT2D eigenvalue weighted by Crippen LogP contribution is 2.21. The second-order valence-electron chi connectivity index (χ2n) is 4.45. The summed E-state index contributed by atoms with van der Waals surface area (Å²) in [5.41, 5.74) is 8.64. The van der Waals surface area contributed by atoms with Gasteiger partial charge >= 0.3 is 0 Å². The molecule has 2 aromatic rings. The van der Waals surface area contributed by atoms with Gasteiger partial charge in [0.1, 0.15) is 0 Å².